The van der Waals surface area contributed by atoms with E-state index in [1.807, 2.05) is 0 Å². The number of halogens is 5. The second-order valence-electron chi connectivity index (χ2n) is 5.88. The van der Waals surface area contributed by atoms with Crippen LogP contribution in [0.3, 0.4) is 0 Å². The number of hydrogen-bond acceptors (Lipinski definition) is 2. The summed E-state index contributed by atoms with van der Waals surface area (Å²) >= 11 is 0. The lowest BCUT2D eigenvalue weighted by Gasteiger charge is -2.27. The van der Waals surface area contributed by atoms with Crippen molar-refractivity contribution in [2.75, 3.05) is 19.0 Å². The number of carbonyl (C=O) groups excluding carboxylic acids is 1. The number of rotatable bonds is 9. The van der Waals surface area contributed by atoms with Crippen LogP contribution >= 0.6 is 0 Å². The van der Waals surface area contributed by atoms with Crippen molar-refractivity contribution >= 4 is 20.0 Å². The topological polar surface area (TPSA) is 50.4 Å². The molecule has 26 heavy (non-hydrogen) atoms. The fourth-order valence-electron chi connectivity index (χ4n) is 2.64. The van der Waals surface area contributed by atoms with Crippen LogP contribution < -0.4 is 10.6 Å². The van der Waals surface area contributed by atoms with Gasteiger partial charge in [-0.1, -0.05) is 20.3 Å². The predicted octanol–water partition coefficient (Wildman–Crippen LogP) is 4.92. The molecule has 0 aromatic heterocycles. The van der Waals surface area contributed by atoms with Gasteiger partial charge in [0.25, 0.3) is 0 Å². The number of nitrogens with one attached hydrogen (secondary N) is 2. The Labute approximate surface area is 150 Å². The second kappa shape index (κ2) is 9.86. The minimum atomic E-state index is -2.27. The van der Waals surface area contributed by atoms with Crippen LogP contribution in [0.2, 0.25) is 18.1 Å². The third kappa shape index (κ3) is 5.16. The Kier molecular flexibility index (Phi) is 8.48. The predicted molar refractivity (Wildman–Crippen MR) is 91.0 cm³/mol. The van der Waals surface area contributed by atoms with Gasteiger partial charge < -0.3 is 15.1 Å². The van der Waals surface area contributed by atoms with Crippen LogP contribution in [0.5, 0.6) is 0 Å². The molecule has 0 saturated heterocycles. The number of hydrogen-bond donors (Lipinski definition) is 2. The van der Waals surface area contributed by atoms with Crippen molar-refractivity contribution in [2.45, 2.75) is 44.8 Å². The highest BCUT2D eigenvalue weighted by atomic mass is 28.4. The number of unbranched alkanes of at least 4 members (excludes halogenated alkanes) is 1. The summed E-state index contributed by atoms with van der Waals surface area (Å²) in [6.07, 6.45) is 1.40. The quantitative estimate of drug-likeness (QED) is 0.204. The van der Waals surface area contributed by atoms with Crippen molar-refractivity contribution in [3.05, 3.63) is 29.1 Å². The van der Waals surface area contributed by atoms with E-state index >= 15 is 0 Å². The van der Waals surface area contributed by atoms with E-state index in [1.54, 1.807) is 12.4 Å². The summed E-state index contributed by atoms with van der Waals surface area (Å²) in [7, 11) is -0.0315. The molecule has 2 amide bonds. The summed E-state index contributed by atoms with van der Waals surface area (Å²) in [5.41, 5.74) is -1.37. The highest BCUT2D eigenvalue weighted by Gasteiger charge is 2.29. The molecule has 0 heterocycles. The Morgan fingerprint density at radius 1 is 0.923 bits per heavy atom. The molecule has 0 unspecified atom stereocenters. The zero-order valence-electron chi connectivity index (χ0n) is 14.9. The van der Waals surface area contributed by atoms with Gasteiger partial charge in [-0.15, -0.1) is 0 Å². The maximum absolute atomic E-state index is 13.5. The summed E-state index contributed by atoms with van der Waals surface area (Å²) < 4.78 is 71.7. The molecular weight excluding hydrogens is 375 g/mol. The first-order valence-electron chi connectivity index (χ1n) is 8.34. The second-order valence-corrected chi connectivity index (χ2v) is 10.6. The van der Waals surface area contributed by atoms with Gasteiger partial charge >= 0.3 is 6.03 Å². The van der Waals surface area contributed by atoms with Crippen LogP contribution in [-0.2, 0) is 4.43 Å². The summed E-state index contributed by atoms with van der Waals surface area (Å²) in [6, 6.07) is 1.83. The third-order valence-electron chi connectivity index (χ3n) is 4.51. The van der Waals surface area contributed by atoms with Crippen molar-refractivity contribution in [3.63, 3.8) is 0 Å². The molecule has 1 aromatic carbocycles. The Hall–Kier alpha value is -1.68. The monoisotopic (exact) mass is 398 g/mol. The van der Waals surface area contributed by atoms with Gasteiger partial charge in [-0.05, 0) is 24.6 Å². The highest BCUT2D eigenvalue weighted by molar-refractivity contribution is 6.73. The number of urea groups is 1. The first kappa shape index (κ1) is 22.4. The lowest BCUT2D eigenvalue weighted by molar-refractivity contribution is 0.251. The highest BCUT2D eigenvalue weighted by Crippen LogP contribution is 2.27. The van der Waals surface area contributed by atoms with Gasteiger partial charge in [0.1, 0.15) is 5.69 Å². The van der Waals surface area contributed by atoms with Crippen molar-refractivity contribution < 1.29 is 31.2 Å². The zero-order valence-corrected chi connectivity index (χ0v) is 15.9. The molecule has 0 aliphatic heterocycles. The minimum Gasteiger partial charge on any atom is -0.420 e. The van der Waals surface area contributed by atoms with Gasteiger partial charge in [0, 0.05) is 13.7 Å². The summed E-state index contributed by atoms with van der Waals surface area (Å²) in [6.45, 7) is 4.35. The number of benzene rings is 1. The van der Waals surface area contributed by atoms with Gasteiger partial charge in [-0.2, -0.15) is 0 Å². The van der Waals surface area contributed by atoms with Gasteiger partial charge in [-0.25, -0.2) is 26.7 Å². The molecule has 0 fully saturated rings. The smallest absolute Gasteiger partial charge is 0.319 e. The zero-order chi connectivity index (χ0) is 19.9. The molecule has 4 nitrogen and oxygen atoms in total. The van der Waals surface area contributed by atoms with Crippen molar-refractivity contribution in [1.82, 2.24) is 5.32 Å². The van der Waals surface area contributed by atoms with Crippen LogP contribution in [0.4, 0.5) is 32.4 Å². The maximum atomic E-state index is 13.5. The number of carbonyl (C=O) groups is 1. The lowest BCUT2D eigenvalue weighted by atomic mass is 10.2. The average molecular weight is 398 g/mol. The van der Waals surface area contributed by atoms with Crippen LogP contribution in [-0.4, -0.2) is 28.0 Å². The van der Waals surface area contributed by atoms with Crippen LogP contribution in [0.25, 0.3) is 0 Å². The van der Waals surface area contributed by atoms with E-state index in [9.17, 15) is 26.7 Å². The first-order valence-corrected chi connectivity index (χ1v) is 10.9. The van der Waals surface area contributed by atoms with E-state index in [-0.39, 0.29) is 6.54 Å². The SMILES string of the molecule is CC[Si](CC)(CCCCNC(=O)Nc1c(F)c(F)c(F)c(F)c1F)OC. The Balaban J connectivity index is 2.54. The Morgan fingerprint density at radius 3 is 1.88 bits per heavy atom. The van der Waals surface area contributed by atoms with Gasteiger partial charge in [0.05, 0.1) is 0 Å². The summed E-state index contributed by atoms with van der Waals surface area (Å²) in [5.74, 6) is -10.7. The number of amides is 2. The molecule has 0 radical (unpaired) electrons. The molecule has 1 rings (SSSR count). The summed E-state index contributed by atoms with van der Waals surface area (Å²) in [5, 5.41) is 4.00. The molecule has 0 bridgehead atoms. The molecule has 0 aliphatic carbocycles. The molecular formula is C16H23F5N2O2Si. The lowest BCUT2D eigenvalue weighted by Crippen LogP contribution is -2.35. The Morgan fingerprint density at radius 2 is 1.42 bits per heavy atom. The van der Waals surface area contributed by atoms with Crippen molar-refractivity contribution in [3.8, 4) is 0 Å². The van der Waals surface area contributed by atoms with E-state index in [1.165, 1.54) is 0 Å². The van der Waals surface area contributed by atoms with E-state index < -0.39 is 49.1 Å². The van der Waals surface area contributed by atoms with Gasteiger partial charge in [0.15, 0.2) is 31.6 Å². The molecule has 2 N–H and O–H groups in total. The molecule has 0 saturated carbocycles. The fourth-order valence-corrected chi connectivity index (χ4v) is 5.52. The van der Waals surface area contributed by atoms with Crippen LogP contribution in [0, 0.1) is 29.1 Å². The normalized spacial score (nSPS) is 11.5. The van der Waals surface area contributed by atoms with Crippen molar-refractivity contribution in [2.24, 2.45) is 0 Å². The Bertz CT molecular complexity index is 604. The van der Waals surface area contributed by atoms with Gasteiger partial charge in [-0.3, -0.25) is 0 Å². The largest absolute Gasteiger partial charge is 0.420 e. The first-order chi connectivity index (χ1) is 12.2. The third-order valence-corrected chi connectivity index (χ3v) is 9.22. The molecule has 148 valence electrons. The maximum Gasteiger partial charge on any atom is 0.319 e. The van der Waals surface area contributed by atoms with Crippen molar-refractivity contribution in [1.29, 1.82) is 0 Å². The van der Waals surface area contributed by atoms with Crippen LogP contribution in [0.15, 0.2) is 0 Å². The number of anilines is 1. The average Bonchev–Trinajstić information content (AvgIpc) is 2.65. The van der Waals surface area contributed by atoms with E-state index in [2.05, 4.69) is 19.2 Å². The standard InChI is InChI=1S/C16H23F5N2O2Si/c1-4-26(5-2,25-3)9-7-6-8-22-16(24)23-15-13(20)11(18)10(17)12(19)14(15)21/h4-9H2,1-3H3,(H2,22,23,24). The molecule has 1 aromatic rings. The van der Waals surface area contributed by atoms with E-state index in [0.717, 1.165) is 24.6 Å². The van der Waals surface area contributed by atoms with Crippen LogP contribution in [0.1, 0.15) is 26.7 Å². The molecule has 0 spiro atoms. The van der Waals surface area contributed by atoms with Gasteiger partial charge in [0.2, 0.25) is 5.82 Å². The summed E-state index contributed by atoms with van der Waals surface area (Å²) in [4.78, 5) is 11.6. The molecule has 0 atom stereocenters. The van der Waals surface area contributed by atoms with E-state index in [4.69, 9.17) is 4.43 Å². The molecule has 10 heteroatoms. The van der Waals surface area contributed by atoms with E-state index in [0.29, 0.717) is 6.42 Å². The molecule has 0 aliphatic rings. The minimum absolute atomic E-state index is 0.197. The fraction of sp³-hybridized carbons (Fsp3) is 0.562.